The van der Waals surface area contributed by atoms with E-state index in [4.69, 9.17) is 14.2 Å². The second-order valence-corrected chi connectivity index (χ2v) is 10.3. The van der Waals surface area contributed by atoms with E-state index in [9.17, 15) is 14.7 Å². The second-order valence-electron chi connectivity index (χ2n) is 10.3. The number of aromatic nitrogens is 4. The van der Waals surface area contributed by atoms with E-state index in [-0.39, 0.29) is 31.5 Å². The lowest BCUT2D eigenvalue weighted by molar-refractivity contribution is -0.118. The molecular formula is C30H29N5O6. The van der Waals surface area contributed by atoms with Gasteiger partial charge in [0.1, 0.15) is 31.9 Å². The van der Waals surface area contributed by atoms with Crippen LogP contribution in [0.15, 0.2) is 67.3 Å². The standard InChI is InChI=1S/C30H29N5O6/c1-17(2)29(37)34-27-26-28(32-15-31-27)35(16-33-26)25-12-23(36)24(41-25)14-40-30(38)39-13-22-20-9-5-3-7-18(20)11-19-8-4-6-10-21(19)22/h3-11,15-17,23-25,36H,12-14H2,1-2H3,(H,31,32,34,37)/t23-,24+,25+/m0/s1. The Bertz CT molecular complexity index is 1700. The molecule has 1 aliphatic rings. The Kier molecular flexibility index (Phi) is 7.21. The number of nitrogens with one attached hydrogen (secondary N) is 1. The van der Waals surface area contributed by atoms with Gasteiger partial charge in [-0.15, -0.1) is 0 Å². The lowest BCUT2D eigenvalue weighted by Gasteiger charge is -2.16. The number of nitrogens with zero attached hydrogens (tertiary/aromatic N) is 4. The summed E-state index contributed by atoms with van der Waals surface area (Å²) in [5.74, 6) is -0.119. The fourth-order valence-electron chi connectivity index (χ4n) is 5.04. The first-order valence-electron chi connectivity index (χ1n) is 13.4. The number of imidazole rings is 1. The normalized spacial score (nSPS) is 18.8. The summed E-state index contributed by atoms with van der Waals surface area (Å²) in [7, 11) is 0. The van der Waals surface area contributed by atoms with Gasteiger partial charge in [-0.1, -0.05) is 62.4 Å². The van der Waals surface area contributed by atoms with Crippen molar-refractivity contribution in [1.29, 1.82) is 0 Å². The van der Waals surface area contributed by atoms with Crippen molar-refractivity contribution in [2.45, 2.75) is 45.3 Å². The molecule has 1 aliphatic heterocycles. The fourth-order valence-corrected chi connectivity index (χ4v) is 5.04. The molecule has 5 aromatic rings. The molecule has 11 nitrogen and oxygen atoms in total. The highest BCUT2D eigenvalue weighted by molar-refractivity contribution is 6.02. The van der Waals surface area contributed by atoms with Crippen LogP contribution in [0.5, 0.6) is 0 Å². The van der Waals surface area contributed by atoms with Crippen molar-refractivity contribution in [1.82, 2.24) is 19.5 Å². The van der Waals surface area contributed by atoms with Crippen LogP contribution in [0, 0.1) is 5.92 Å². The number of carbonyl (C=O) groups is 2. The van der Waals surface area contributed by atoms with Gasteiger partial charge in [0, 0.05) is 17.9 Å². The molecule has 2 aromatic heterocycles. The van der Waals surface area contributed by atoms with E-state index in [0.717, 1.165) is 27.1 Å². The van der Waals surface area contributed by atoms with E-state index in [1.807, 2.05) is 48.5 Å². The zero-order valence-corrected chi connectivity index (χ0v) is 22.6. The highest BCUT2D eigenvalue weighted by Gasteiger charge is 2.37. The number of fused-ring (bicyclic) bond motifs is 3. The van der Waals surface area contributed by atoms with Crippen LogP contribution in [0.25, 0.3) is 32.7 Å². The zero-order chi connectivity index (χ0) is 28.5. The molecular weight excluding hydrogens is 526 g/mol. The van der Waals surface area contributed by atoms with E-state index in [2.05, 4.69) is 26.3 Å². The molecule has 1 saturated heterocycles. The summed E-state index contributed by atoms with van der Waals surface area (Å²) in [6.07, 6.45) is -0.0445. The minimum absolute atomic E-state index is 0.0355. The van der Waals surface area contributed by atoms with Crippen molar-refractivity contribution in [3.63, 3.8) is 0 Å². The van der Waals surface area contributed by atoms with E-state index < -0.39 is 24.6 Å². The summed E-state index contributed by atoms with van der Waals surface area (Å²) >= 11 is 0. The smallest absolute Gasteiger partial charge is 0.431 e. The Morgan fingerprint density at radius 1 is 1.05 bits per heavy atom. The number of anilines is 1. The number of aliphatic hydroxyl groups excluding tert-OH is 1. The first-order chi connectivity index (χ1) is 19.9. The average Bonchev–Trinajstić information content (AvgIpc) is 3.57. The number of rotatable bonds is 7. The number of carbonyl (C=O) groups excluding carboxylic acids is 2. The Balaban J connectivity index is 1.10. The average molecular weight is 556 g/mol. The molecule has 0 spiro atoms. The molecule has 0 bridgehead atoms. The Hall–Kier alpha value is -4.61. The summed E-state index contributed by atoms with van der Waals surface area (Å²) in [6, 6.07) is 18.0. The maximum atomic E-state index is 12.6. The van der Waals surface area contributed by atoms with Crippen molar-refractivity contribution in [2.75, 3.05) is 11.9 Å². The number of amides is 1. The van der Waals surface area contributed by atoms with E-state index in [1.165, 1.54) is 12.7 Å². The van der Waals surface area contributed by atoms with Gasteiger partial charge in [-0.05, 0) is 27.6 Å². The molecule has 11 heteroatoms. The third kappa shape index (κ3) is 5.29. The van der Waals surface area contributed by atoms with Crippen LogP contribution >= 0.6 is 0 Å². The van der Waals surface area contributed by atoms with E-state index in [1.54, 1.807) is 18.4 Å². The quantitative estimate of drug-likeness (QED) is 0.216. The van der Waals surface area contributed by atoms with Gasteiger partial charge in [0.15, 0.2) is 17.0 Å². The molecule has 3 atom stereocenters. The maximum absolute atomic E-state index is 12.6. The lowest BCUT2D eigenvalue weighted by Crippen LogP contribution is -2.28. The first-order valence-corrected chi connectivity index (χ1v) is 13.4. The number of ether oxygens (including phenoxy) is 3. The van der Waals surface area contributed by atoms with Crippen LogP contribution in [0.1, 0.15) is 32.1 Å². The third-order valence-corrected chi connectivity index (χ3v) is 7.22. The van der Waals surface area contributed by atoms with Crippen molar-refractivity contribution < 1.29 is 28.9 Å². The summed E-state index contributed by atoms with van der Waals surface area (Å²) in [4.78, 5) is 37.5. The molecule has 3 heterocycles. The molecule has 3 aromatic carbocycles. The third-order valence-electron chi connectivity index (χ3n) is 7.22. The largest absolute Gasteiger partial charge is 0.508 e. The van der Waals surface area contributed by atoms with Gasteiger partial charge in [-0.25, -0.2) is 19.7 Å². The number of aliphatic hydroxyl groups is 1. The molecule has 0 saturated carbocycles. The predicted molar refractivity (Wildman–Crippen MR) is 151 cm³/mol. The van der Waals surface area contributed by atoms with Gasteiger partial charge in [0.05, 0.1) is 12.4 Å². The molecule has 210 valence electrons. The highest BCUT2D eigenvalue weighted by Crippen LogP contribution is 2.32. The van der Waals surface area contributed by atoms with Gasteiger partial charge < -0.3 is 24.6 Å². The van der Waals surface area contributed by atoms with Crippen LogP contribution < -0.4 is 5.32 Å². The zero-order valence-electron chi connectivity index (χ0n) is 22.6. The molecule has 1 fully saturated rings. The Morgan fingerprint density at radius 2 is 1.76 bits per heavy atom. The molecule has 6 rings (SSSR count). The summed E-state index contributed by atoms with van der Waals surface area (Å²) in [6.45, 7) is 3.41. The summed E-state index contributed by atoms with van der Waals surface area (Å²) < 4.78 is 18.5. The molecule has 2 N–H and O–H groups in total. The fraction of sp³-hybridized carbons (Fsp3) is 0.300. The minimum atomic E-state index is -0.894. The first kappa shape index (κ1) is 26.6. The van der Waals surface area contributed by atoms with E-state index in [0.29, 0.717) is 17.0 Å². The van der Waals surface area contributed by atoms with Crippen LogP contribution in [-0.4, -0.2) is 55.5 Å². The molecule has 1 amide bonds. The van der Waals surface area contributed by atoms with Crippen LogP contribution in [0.2, 0.25) is 0 Å². The van der Waals surface area contributed by atoms with Crippen LogP contribution in [0.4, 0.5) is 10.6 Å². The highest BCUT2D eigenvalue weighted by atomic mass is 16.7. The SMILES string of the molecule is CC(C)C(=O)Nc1ncnc2c1ncn2[C@H]1C[C@H](O)[C@@H](COC(=O)OCc2c3ccccc3cc3ccccc23)O1. The Labute approximate surface area is 235 Å². The molecule has 41 heavy (non-hydrogen) atoms. The molecule has 0 radical (unpaired) electrons. The second kappa shape index (κ2) is 11.1. The summed E-state index contributed by atoms with van der Waals surface area (Å²) in [5, 5.41) is 17.5. The van der Waals surface area contributed by atoms with Gasteiger partial charge >= 0.3 is 6.16 Å². The van der Waals surface area contributed by atoms with Crippen molar-refractivity contribution in [3.8, 4) is 0 Å². The van der Waals surface area contributed by atoms with Gasteiger partial charge in [-0.3, -0.25) is 9.36 Å². The number of benzene rings is 3. The molecule has 0 unspecified atom stereocenters. The van der Waals surface area contributed by atoms with Gasteiger partial charge in [-0.2, -0.15) is 0 Å². The minimum Gasteiger partial charge on any atom is -0.431 e. The molecule has 0 aliphatic carbocycles. The topological polar surface area (TPSA) is 138 Å². The number of hydrogen-bond donors (Lipinski definition) is 2. The maximum Gasteiger partial charge on any atom is 0.508 e. The summed E-state index contributed by atoms with van der Waals surface area (Å²) in [5.41, 5.74) is 1.74. The van der Waals surface area contributed by atoms with Crippen molar-refractivity contribution >= 4 is 50.6 Å². The van der Waals surface area contributed by atoms with Crippen LogP contribution in [-0.2, 0) is 25.6 Å². The number of hydrogen-bond acceptors (Lipinski definition) is 9. The van der Waals surface area contributed by atoms with E-state index >= 15 is 0 Å². The van der Waals surface area contributed by atoms with Crippen LogP contribution in [0.3, 0.4) is 0 Å². The monoisotopic (exact) mass is 555 g/mol. The Morgan fingerprint density at radius 3 is 2.46 bits per heavy atom. The van der Waals surface area contributed by atoms with Gasteiger partial charge in [0.25, 0.3) is 0 Å². The van der Waals surface area contributed by atoms with Crippen molar-refractivity contribution in [2.24, 2.45) is 5.92 Å². The van der Waals surface area contributed by atoms with Crippen molar-refractivity contribution in [3.05, 3.63) is 72.8 Å². The predicted octanol–water partition coefficient (Wildman–Crippen LogP) is 4.73. The lowest BCUT2D eigenvalue weighted by atomic mass is 9.97. The van der Waals surface area contributed by atoms with Gasteiger partial charge in [0.2, 0.25) is 5.91 Å².